The minimum absolute atomic E-state index is 0.133. The van der Waals surface area contributed by atoms with Crippen LogP contribution in [0.2, 0.25) is 0 Å². The van der Waals surface area contributed by atoms with Gasteiger partial charge in [-0.2, -0.15) is 0 Å². The standard InChI is InChI=1S/C12H9ClNO2S.V/c1-2-6-11(13)9-10-14-17(15,16)12-7-4-3-5-8-12;/h1-8,10H;/q-1;/b6-2-,14-10+;. The molecule has 0 heterocycles. The molecule has 6 heteroatoms. The van der Waals surface area contributed by atoms with Crippen LogP contribution in [0.1, 0.15) is 0 Å². The SMILES string of the molecule is O=S(=O)(/N=C/[C-]=C(Cl)/C=C\[CH]=[V])c1ccccc1. The van der Waals surface area contributed by atoms with Crippen LogP contribution < -0.4 is 0 Å². The molecular weight excluding hydrogens is 309 g/mol. The van der Waals surface area contributed by atoms with Gasteiger partial charge in [0, 0.05) is 0 Å². The monoisotopic (exact) mass is 317 g/mol. The van der Waals surface area contributed by atoms with Crippen LogP contribution in [0.15, 0.2) is 56.8 Å². The first kappa shape index (κ1) is 15.1. The zero-order valence-electron chi connectivity index (χ0n) is 9.19. The van der Waals surface area contributed by atoms with Crippen LogP contribution >= 0.6 is 11.6 Å². The molecule has 0 aromatic heterocycles. The van der Waals surface area contributed by atoms with Crippen molar-refractivity contribution in [1.29, 1.82) is 0 Å². The first-order valence-corrected chi connectivity index (χ1v) is 7.45. The molecule has 0 saturated heterocycles. The van der Waals surface area contributed by atoms with Crippen molar-refractivity contribution >= 4 is 32.6 Å². The summed E-state index contributed by atoms with van der Waals surface area (Å²) in [5.74, 6) is 0. The van der Waals surface area contributed by atoms with E-state index in [1.165, 1.54) is 12.1 Å². The molecule has 0 N–H and O–H groups in total. The Hall–Kier alpha value is -0.936. The summed E-state index contributed by atoms with van der Waals surface area (Å²) in [4.78, 5) is 0.133. The summed E-state index contributed by atoms with van der Waals surface area (Å²) in [6.45, 7) is 0. The van der Waals surface area contributed by atoms with E-state index in [0.29, 0.717) is 0 Å². The molecule has 1 aromatic rings. The van der Waals surface area contributed by atoms with Crippen LogP contribution in [0.3, 0.4) is 0 Å². The van der Waals surface area contributed by atoms with E-state index >= 15 is 0 Å². The van der Waals surface area contributed by atoms with Crippen LogP contribution in [-0.4, -0.2) is 19.4 Å². The zero-order chi connectivity index (χ0) is 13.4. The summed E-state index contributed by atoms with van der Waals surface area (Å²) in [6, 6.07) is 7.94. The topological polar surface area (TPSA) is 46.5 Å². The maximum atomic E-state index is 11.7. The fourth-order valence-electron chi connectivity index (χ4n) is 0.986. The van der Waals surface area contributed by atoms with Crippen molar-refractivity contribution in [3.63, 3.8) is 0 Å². The second kappa shape index (κ2) is 7.49. The Balaban J connectivity index is 2.85. The second-order valence-electron chi connectivity index (χ2n) is 3.02. The Morgan fingerprint density at radius 1 is 1.33 bits per heavy atom. The molecule has 1 aromatic carbocycles. The Morgan fingerprint density at radius 3 is 2.61 bits per heavy atom. The predicted octanol–water partition coefficient (Wildman–Crippen LogP) is 2.28. The molecular formula is C12H9ClNO2SV-. The van der Waals surface area contributed by atoms with Gasteiger partial charge in [-0.1, -0.05) is 0 Å². The van der Waals surface area contributed by atoms with E-state index in [1.807, 2.05) is 0 Å². The molecule has 0 bridgehead atoms. The van der Waals surface area contributed by atoms with Gasteiger partial charge in [-0.3, -0.25) is 0 Å². The van der Waals surface area contributed by atoms with Crippen molar-refractivity contribution in [2.45, 2.75) is 4.90 Å². The van der Waals surface area contributed by atoms with Gasteiger partial charge in [-0.15, -0.1) is 0 Å². The molecule has 0 fully saturated rings. The number of nitrogens with zero attached hydrogens (tertiary/aromatic N) is 1. The Kier molecular flexibility index (Phi) is 6.29. The van der Waals surface area contributed by atoms with E-state index in [-0.39, 0.29) is 9.93 Å². The summed E-state index contributed by atoms with van der Waals surface area (Å²) in [6.07, 6.45) is 6.84. The molecule has 0 aliphatic carbocycles. The van der Waals surface area contributed by atoms with Gasteiger partial charge in [-0.25, -0.2) is 0 Å². The summed E-state index contributed by atoms with van der Waals surface area (Å²) in [7, 11) is -3.68. The third-order valence-corrected chi connectivity index (χ3v) is 3.52. The molecule has 3 nitrogen and oxygen atoms in total. The molecule has 0 aliphatic heterocycles. The van der Waals surface area contributed by atoms with Crippen LogP contribution in [0.5, 0.6) is 0 Å². The predicted molar refractivity (Wildman–Crippen MR) is 69.9 cm³/mol. The molecule has 0 unspecified atom stereocenters. The Bertz CT molecular complexity index is 592. The number of sulfonamides is 1. The van der Waals surface area contributed by atoms with Crippen LogP contribution in [-0.2, 0) is 27.0 Å². The minimum atomic E-state index is -3.68. The third-order valence-electron chi connectivity index (χ3n) is 1.76. The van der Waals surface area contributed by atoms with Gasteiger partial charge in [0.15, 0.2) is 0 Å². The Labute approximate surface area is 120 Å². The summed E-state index contributed by atoms with van der Waals surface area (Å²) < 4.78 is 28.6. The first-order valence-electron chi connectivity index (χ1n) is 4.83. The van der Waals surface area contributed by atoms with Crippen molar-refractivity contribution in [2.24, 2.45) is 4.40 Å². The summed E-state index contributed by atoms with van der Waals surface area (Å²) in [5, 5.41) is 0.268. The molecule has 1 rings (SSSR count). The average molecular weight is 318 g/mol. The fraction of sp³-hybridized carbons (Fsp3) is 0. The number of rotatable bonds is 5. The van der Waals surface area contributed by atoms with E-state index in [4.69, 9.17) is 11.6 Å². The van der Waals surface area contributed by atoms with E-state index in [9.17, 15) is 8.42 Å². The second-order valence-corrected chi connectivity index (χ2v) is 5.53. The molecule has 0 atom stereocenters. The zero-order valence-corrected chi connectivity index (χ0v) is 12.2. The average Bonchev–Trinajstić information content (AvgIpc) is 2.37. The maximum absolute atomic E-state index is 11.7. The van der Waals surface area contributed by atoms with E-state index in [1.54, 1.807) is 35.1 Å². The van der Waals surface area contributed by atoms with Crippen molar-refractivity contribution in [3.05, 3.63) is 53.6 Å². The molecule has 0 amide bonds. The van der Waals surface area contributed by atoms with Crippen molar-refractivity contribution < 1.29 is 25.4 Å². The van der Waals surface area contributed by atoms with Gasteiger partial charge in [0.2, 0.25) is 0 Å². The van der Waals surface area contributed by atoms with Crippen molar-refractivity contribution in [2.75, 3.05) is 0 Å². The number of hydrogen-bond acceptors (Lipinski definition) is 2. The van der Waals surface area contributed by atoms with Gasteiger partial charge in [-0.05, 0) is 0 Å². The quantitative estimate of drug-likeness (QED) is 0.475. The molecule has 0 radical (unpaired) electrons. The number of benzene rings is 1. The first-order chi connectivity index (χ1) is 8.56. The van der Waals surface area contributed by atoms with Crippen LogP contribution in [0.4, 0.5) is 0 Å². The van der Waals surface area contributed by atoms with E-state index < -0.39 is 10.0 Å². The van der Waals surface area contributed by atoms with Crippen LogP contribution in [0, 0.1) is 6.08 Å². The molecule has 0 aliphatic rings. The van der Waals surface area contributed by atoms with Gasteiger partial charge < -0.3 is 0 Å². The van der Waals surface area contributed by atoms with Crippen LogP contribution in [0.25, 0.3) is 0 Å². The van der Waals surface area contributed by atoms with Gasteiger partial charge in [0.1, 0.15) is 0 Å². The number of allylic oxidation sites excluding steroid dienone is 4. The van der Waals surface area contributed by atoms with Gasteiger partial charge in [0.25, 0.3) is 0 Å². The van der Waals surface area contributed by atoms with E-state index in [0.717, 1.165) is 6.21 Å². The van der Waals surface area contributed by atoms with Crippen molar-refractivity contribution in [1.82, 2.24) is 0 Å². The number of hydrogen-bond donors (Lipinski definition) is 0. The summed E-state index contributed by atoms with van der Waals surface area (Å²) in [5.41, 5.74) is 0. The van der Waals surface area contributed by atoms with Gasteiger partial charge in [0.05, 0.1) is 0 Å². The van der Waals surface area contributed by atoms with Crippen molar-refractivity contribution in [3.8, 4) is 0 Å². The molecule has 93 valence electrons. The Morgan fingerprint density at radius 2 is 2.00 bits per heavy atom. The third kappa shape index (κ3) is 5.15. The molecule has 0 spiro atoms. The molecule has 0 saturated carbocycles. The van der Waals surface area contributed by atoms with E-state index in [2.05, 4.69) is 27.5 Å². The fourth-order valence-corrected chi connectivity index (χ4v) is 2.06. The van der Waals surface area contributed by atoms with Gasteiger partial charge >= 0.3 is 121 Å². The number of halogens is 1. The molecule has 18 heavy (non-hydrogen) atoms. The summed E-state index contributed by atoms with van der Waals surface area (Å²) >= 11 is 7.99. The normalized spacial score (nSPS) is 13.2.